The van der Waals surface area contributed by atoms with E-state index in [4.69, 9.17) is 5.73 Å². The largest absolute Gasteiger partial charge is 0.328 e. The fourth-order valence-corrected chi connectivity index (χ4v) is 0.272. The Morgan fingerprint density at radius 3 is 2.57 bits per heavy atom. The van der Waals surface area contributed by atoms with Gasteiger partial charge in [-0.15, -0.1) is 0 Å². The molecule has 2 N–H and O–H groups in total. The molecular weight excluding hydrogens is 88.1 g/mol. The summed E-state index contributed by atoms with van der Waals surface area (Å²) in [5.41, 5.74) is 5.39. The molecule has 0 aliphatic rings. The van der Waals surface area contributed by atoms with Crippen LogP contribution >= 0.6 is 0 Å². The van der Waals surface area contributed by atoms with E-state index in [9.17, 15) is 0 Å². The lowest BCUT2D eigenvalue weighted by Gasteiger charge is -1.94. The van der Waals surface area contributed by atoms with E-state index in [2.05, 4.69) is 4.99 Å². The predicted molar refractivity (Wildman–Crippen MR) is 32.7 cm³/mol. The third-order valence-corrected chi connectivity index (χ3v) is 0.660. The second-order valence-corrected chi connectivity index (χ2v) is 1.65. The number of nitrogens with zero attached hydrogens (tertiary/aromatic N) is 1. The van der Waals surface area contributed by atoms with Gasteiger partial charge in [0.05, 0.1) is 0 Å². The molecular formula is C5H12N2. The molecule has 0 saturated heterocycles. The molecule has 0 radical (unpaired) electrons. The summed E-state index contributed by atoms with van der Waals surface area (Å²) in [6.45, 7) is 1.96. The molecule has 7 heavy (non-hydrogen) atoms. The van der Waals surface area contributed by atoms with Crippen molar-refractivity contribution in [3.63, 3.8) is 0 Å². The maximum atomic E-state index is 5.39. The maximum Gasteiger partial charge on any atom is 0.0273 e. The van der Waals surface area contributed by atoms with Gasteiger partial charge in [-0.25, -0.2) is 0 Å². The number of hydrogen-bond acceptors (Lipinski definition) is 2. The first kappa shape index (κ1) is 6.63. The summed E-state index contributed by atoms with van der Waals surface area (Å²) in [5.74, 6) is 0. The molecule has 0 fully saturated rings. The monoisotopic (exact) mass is 100 g/mol. The van der Waals surface area contributed by atoms with E-state index in [0.717, 1.165) is 6.42 Å². The van der Waals surface area contributed by atoms with Gasteiger partial charge in [-0.3, -0.25) is 0 Å². The van der Waals surface area contributed by atoms with Gasteiger partial charge < -0.3 is 10.7 Å². The molecule has 1 unspecified atom stereocenters. The molecule has 0 aliphatic carbocycles. The van der Waals surface area contributed by atoms with Crippen molar-refractivity contribution in [3.8, 4) is 0 Å². The molecule has 2 nitrogen and oxygen atoms in total. The Labute approximate surface area is 44.4 Å². The van der Waals surface area contributed by atoms with Gasteiger partial charge in [-0.1, -0.05) is 0 Å². The number of aliphatic imine (C=N–C) groups is 1. The van der Waals surface area contributed by atoms with Crippen molar-refractivity contribution in [2.45, 2.75) is 19.4 Å². The molecule has 0 aromatic carbocycles. The Morgan fingerprint density at radius 1 is 1.86 bits per heavy atom. The molecule has 1 atom stereocenters. The molecule has 0 amide bonds. The van der Waals surface area contributed by atoms with E-state index >= 15 is 0 Å². The quantitative estimate of drug-likeness (QED) is 0.502. The van der Waals surface area contributed by atoms with Gasteiger partial charge in [-0.05, 0) is 19.6 Å². The zero-order valence-electron chi connectivity index (χ0n) is 4.89. The van der Waals surface area contributed by atoms with Gasteiger partial charge in [0.15, 0.2) is 0 Å². The summed E-state index contributed by atoms with van der Waals surface area (Å²) >= 11 is 0. The van der Waals surface area contributed by atoms with Gasteiger partial charge in [-0.2, -0.15) is 0 Å². The lowest BCUT2D eigenvalue weighted by atomic mass is 10.3. The zero-order chi connectivity index (χ0) is 5.70. The summed E-state index contributed by atoms with van der Waals surface area (Å²) in [4.78, 5) is 3.77. The van der Waals surface area contributed by atoms with E-state index < -0.39 is 0 Å². The van der Waals surface area contributed by atoms with Crippen molar-refractivity contribution in [2.24, 2.45) is 10.7 Å². The highest BCUT2D eigenvalue weighted by atomic mass is 14.7. The summed E-state index contributed by atoms with van der Waals surface area (Å²) < 4.78 is 0. The van der Waals surface area contributed by atoms with Crippen molar-refractivity contribution < 1.29 is 0 Å². The van der Waals surface area contributed by atoms with Crippen molar-refractivity contribution in [2.75, 3.05) is 7.05 Å². The molecule has 0 aliphatic heterocycles. The van der Waals surface area contributed by atoms with Crippen molar-refractivity contribution in [1.29, 1.82) is 0 Å². The first-order valence-corrected chi connectivity index (χ1v) is 2.43. The highest BCUT2D eigenvalue weighted by molar-refractivity contribution is 5.57. The summed E-state index contributed by atoms with van der Waals surface area (Å²) in [5, 5.41) is 0. The molecule has 0 spiro atoms. The second-order valence-electron chi connectivity index (χ2n) is 1.65. The highest BCUT2D eigenvalue weighted by Crippen LogP contribution is 1.77. The standard InChI is InChI=1S/C5H12N2/c1-5(6)3-4-7-2/h4-5H,3,6H2,1-2H3/b7-4-. The zero-order valence-corrected chi connectivity index (χ0v) is 4.89. The normalized spacial score (nSPS) is 15.3. The molecule has 0 rings (SSSR count). The van der Waals surface area contributed by atoms with Crippen molar-refractivity contribution >= 4 is 6.21 Å². The van der Waals surface area contributed by atoms with Crippen LogP contribution in [0.1, 0.15) is 13.3 Å². The van der Waals surface area contributed by atoms with E-state index in [1.165, 1.54) is 0 Å². The summed E-state index contributed by atoms with van der Waals surface area (Å²) in [6.07, 6.45) is 2.71. The fraction of sp³-hybridized carbons (Fsp3) is 0.800. The third kappa shape index (κ3) is 5.63. The lowest BCUT2D eigenvalue weighted by molar-refractivity contribution is 0.786. The van der Waals surface area contributed by atoms with Crippen LogP contribution in [0.5, 0.6) is 0 Å². The van der Waals surface area contributed by atoms with Gasteiger partial charge in [0.1, 0.15) is 0 Å². The first-order chi connectivity index (χ1) is 3.27. The minimum atomic E-state index is 0.253. The van der Waals surface area contributed by atoms with Crippen LogP contribution in [-0.4, -0.2) is 19.3 Å². The smallest absolute Gasteiger partial charge is 0.0273 e. The number of nitrogens with two attached hydrogens (primary N) is 1. The topological polar surface area (TPSA) is 38.4 Å². The van der Waals surface area contributed by atoms with Crippen LogP contribution < -0.4 is 5.73 Å². The Morgan fingerprint density at radius 2 is 2.43 bits per heavy atom. The van der Waals surface area contributed by atoms with E-state index in [0.29, 0.717) is 0 Å². The minimum absolute atomic E-state index is 0.253. The van der Waals surface area contributed by atoms with Crippen LogP contribution in [0, 0.1) is 0 Å². The average molecular weight is 100 g/mol. The molecule has 0 aromatic rings. The Balaban J connectivity index is 2.97. The fourth-order valence-electron chi connectivity index (χ4n) is 0.272. The third-order valence-electron chi connectivity index (χ3n) is 0.660. The molecule has 0 saturated carbocycles. The average Bonchev–Trinajstić information content (AvgIpc) is 1.61. The van der Waals surface area contributed by atoms with Crippen LogP contribution in [0.25, 0.3) is 0 Å². The van der Waals surface area contributed by atoms with E-state index in [1.54, 1.807) is 7.05 Å². The lowest BCUT2D eigenvalue weighted by Crippen LogP contribution is -2.14. The minimum Gasteiger partial charge on any atom is -0.328 e. The van der Waals surface area contributed by atoms with Crippen LogP contribution in [0.3, 0.4) is 0 Å². The maximum absolute atomic E-state index is 5.39. The van der Waals surface area contributed by atoms with Crippen LogP contribution in [0.15, 0.2) is 4.99 Å². The molecule has 42 valence electrons. The first-order valence-electron chi connectivity index (χ1n) is 2.43. The summed E-state index contributed by atoms with van der Waals surface area (Å²) in [7, 11) is 1.75. The predicted octanol–water partition coefficient (Wildman–Crippen LogP) is 0.424. The Hall–Kier alpha value is -0.370. The second kappa shape index (κ2) is 3.81. The number of hydrogen-bond donors (Lipinski definition) is 1. The molecule has 2 heteroatoms. The van der Waals surface area contributed by atoms with Crippen molar-refractivity contribution in [1.82, 2.24) is 0 Å². The molecule has 0 aromatic heterocycles. The van der Waals surface area contributed by atoms with Gasteiger partial charge >= 0.3 is 0 Å². The van der Waals surface area contributed by atoms with E-state index in [1.807, 2.05) is 13.1 Å². The highest BCUT2D eigenvalue weighted by Gasteiger charge is 1.84. The molecule has 0 heterocycles. The van der Waals surface area contributed by atoms with Crippen LogP contribution in [0.2, 0.25) is 0 Å². The van der Waals surface area contributed by atoms with E-state index in [-0.39, 0.29) is 6.04 Å². The van der Waals surface area contributed by atoms with Crippen molar-refractivity contribution in [3.05, 3.63) is 0 Å². The van der Waals surface area contributed by atoms with Crippen LogP contribution in [0.4, 0.5) is 0 Å². The molecule has 0 bridgehead atoms. The Kier molecular flexibility index (Phi) is 3.61. The number of rotatable bonds is 2. The van der Waals surface area contributed by atoms with Gasteiger partial charge in [0, 0.05) is 13.1 Å². The Bertz CT molecular complexity index is 57.1. The summed E-state index contributed by atoms with van der Waals surface area (Å²) in [6, 6.07) is 0.253. The van der Waals surface area contributed by atoms with Crippen LogP contribution in [-0.2, 0) is 0 Å². The SMILES string of the molecule is C/N=C\CC(C)N. The van der Waals surface area contributed by atoms with Gasteiger partial charge in [0.2, 0.25) is 0 Å². The van der Waals surface area contributed by atoms with Gasteiger partial charge in [0.25, 0.3) is 0 Å².